The molecule has 1 aromatic heterocycles. The van der Waals surface area contributed by atoms with E-state index in [0.29, 0.717) is 5.82 Å². The highest BCUT2D eigenvalue weighted by molar-refractivity contribution is 6.17. The number of carbonyl (C=O) groups is 1. The number of hydrogen-bond acceptors (Lipinski definition) is 2. The van der Waals surface area contributed by atoms with Gasteiger partial charge >= 0.3 is 0 Å². The van der Waals surface area contributed by atoms with E-state index in [0.717, 1.165) is 11.0 Å². The number of halogens is 1. The average molecular weight is 280 g/mol. The highest BCUT2D eigenvalue weighted by atomic mass is 35.5. The molecule has 0 aliphatic heterocycles. The normalized spacial score (nSPS) is 14.8. The predicted octanol–water partition coefficient (Wildman–Crippen LogP) is 2.63. The summed E-state index contributed by atoms with van der Waals surface area (Å²) in [7, 11) is 0. The maximum Gasteiger partial charge on any atom is 0.243 e. The van der Waals surface area contributed by atoms with Crippen molar-refractivity contribution in [1.82, 2.24) is 9.55 Å². The quantitative estimate of drug-likeness (QED) is 0.875. The van der Waals surface area contributed by atoms with E-state index in [4.69, 9.17) is 17.3 Å². The molecule has 0 aliphatic rings. The number of benzene rings is 1. The van der Waals surface area contributed by atoms with Crippen LogP contribution in [0.5, 0.6) is 0 Å². The summed E-state index contributed by atoms with van der Waals surface area (Å²) in [6.07, 6.45) is 0. The fourth-order valence-corrected chi connectivity index (χ4v) is 2.52. The largest absolute Gasteiger partial charge is 0.368 e. The second-order valence-electron chi connectivity index (χ2n) is 5.15. The van der Waals surface area contributed by atoms with Crippen molar-refractivity contribution in [3.63, 3.8) is 0 Å². The molecule has 0 fully saturated rings. The first-order valence-electron chi connectivity index (χ1n) is 6.25. The number of aromatic nitrogens is 2. The van der Waals surface area contributed by atoms with Gasteiger partial charge in [-0.1, -0.05) is 26.0 Å². The Bertz CT molecular complexity index is 620. The predicted molar refractivity (Wildman–Crippen MR) is 77.0 cm³/mol. The summed E-state index contributed by atoms with van der Waals surface area (Å²) in [6, 6.07) is 7.67. The molecule has 0 spiro atoms. The number of para-hydroxylation sites is 2. The number of amides is 1. The molecular formula is C14H18ClN3O. The van der Waals surface area contributed by atoms with Crippen LogP contribution in [-0.4, -0.2) is 15.5 Å². The zero-order chi connectivity index (χ0) is 14.2. The molecule has 0 radical (unpaired) electrons. The van der Waals surface area contributed by atoms with Crippen molar-refractivity contribution in [3.05, 3.63) is 30.1 Å². The smallest absolute Gasteiger partial charge is 0.243 e. The summed E-state index contributed by atoms with van der Waals surface area (Å²) in [5, 5.41) is 0. The Morgan fingerprint density at radius 2 is 2.11 bits per heavy atom. The van der Waals surface area contributed by atoms with E-state index in [2.05, 4.69) is 4.98 Å². The molecule has 1 atom stereocenters. The molecule has 1 aromatic carbocycles. The zero-order valence-electron chi connectivity index (χ0n) is 11.4. The second kappa shape index (κ2) is 4.85. The fraction of sp³-hybridized carbons (Fsp3) is 0.429. The molecule has 2 N–H and O–H groups in total. The Labute approximate surface area is 117 Å². The average Bonchev–Trinajstić information content (AvgIpc) is 2.75. The first-order valence-corrected chi connectivity index (χ1v) is 6.79. The van der Waals surface area contributed by atoms with Gasteiger partial charge < -0.3 is 10.3 Å². The molecule has 2 aromatic rings. The summed E-state index contributed by atoms with van der Waals surface area (Å²) >= 11 is 5.98. The Morgan fingerprint density at radius 3 is 2.63 bits per heavy atom. The monoisotopic (exact) mass is 279 g/mol. The third-order valence-corrected chi connectivity index (χ3v) is 4.08. The van der Waals surface area contributed by atoms with E-state index >= 15 is 0 Å². The first kappa shape index (κ1) is 13.9. The van der Waals surface area contributed by atoms with Gasteiger partial charge in [-0.3, -0.25) is 4.79 Å². The van der Waals surface area contributed by atoms with Crippen LogP contribution in [0.3, 0.4) is 0 Å². The van der Waals surface area contributed by atoms with Crippen molar-refractivity contribution in [2.45, 2.75) is 32.2 Å². The van der Waals surface area contributed by atoms with Crippen LogP contribution in [0.1, 0.15) is 26.6 Å². The van der Waals surface area contributed by atoms with Crippen molar-refractivity contribution >= 4 is 28.5 Å². The number of fused-ring (bicyclic) bond motifs is 1. The van der Waals surface area contributed by atoms with Crippen molar-refractivity contribution in [2.24, 2.45) is 11.7 Å². The molecule has 2 rings (SSSR count). The SMILES string of the molecule is CC(C)C(C)(C(N)=O)n1c(CCl)nc2ccccc21. The zero-order valence-corrected chi connectivity index (χ0v) is 12.1. The maximum atomic E-state index is 12.0. The summed E-state index contributed by atoms with van der Waals surface area (Å²) in [6.45, 7) is 5.78. The minimum atomic E-state index is -0.847. The van der Waals surface area contributed by atoms with Gasteiger partial charge in [0, 0.05) is 0 Å². The number of nitrogens with zero attached hydrogens (tertiary/aromatic N) is 2. The third kappa shape index (κ3) is 2.00. The molecule has 1 unspecified atom stereocenters. The molecule has 102 valence electrons. The number of rotatable bonds is 4. The Hall–Kier alpha value is -1.55. The lowest BCUT2D eigenvalue weighted by molar-refractivity contribution is -0.127. The van der Waals surface area contributed by atoms with Crippen molar-refractivity contribution in [2.75, 3.05) is 0 Å². The van der Waals surface area contributed by atoms with Crippen molar-refractivity contribution < 1.29 is 4.79 Å². The van der Waals surface area contributed by atoms with E-state index in [-0.39, 0.29) is 17.7 Å². The molecule has 0 bridgehead atoms. The molecule has 5 heteroatoms. The standard InChI is InChI=1S/C14H18ClN3O/c1-9(2)14(3,13(16)19)18-11-7-5-4-6-10(11)17-12(18)8-15/h4-7,9H,8H2,1-3H3,(H2,16,19). The van der Waals surface area contributed by atoms with Gasteiger partial charge in [-0.15, -0.1) is 11.6 Å². The van der Waals surface area contributed by atoms with Gasteiger partial charge in [0.1, 0.15) is 11.4 Å². The lowest BCUT2D eigenvalue weighted by Crippen LogP contribution is -2.48. The van der Waals surface area contributed by atoms with Gasteiger partial charge in [0.15, 0.2) is 0 Å². The number of carbonyl (C=O) groups excluding carboxylic acids is 1. The highest BCUT2D eigenvalue weighted by Crippen LogP contribution is 2.32. The van der Waals surface area contributed by atoms with E-state index in [1.54, 1.807) is 0 Å². The molecule has 1 heterocycles. The van der Waals surface area contributed by atoms with Gasteiger partial charge in [-0.05, 0) is 25.0 Å². The number of primary amides is 1. The van der Waals surface area contributed by atoms with Crippen molar-refractivity contribution in [1.29, 1.82) is 0 Å². The van der Waals surface area contributed by atoms with Crippen LogP contribution in [0.25, 0.3) is 11.0 Å². The number of hydrogen-bond donors (Lipinski definition) is 1. The lowest BCUT2D eigenvalue weighted by atomic mass is 9.87. The van der Waals surface area contributed by atoms with Crippen LogP contribution >= 0.6 is 11.6 Å². The second-order valence-corrected chi connectivity index (χ2v) is 5.42. The van der Waals surface area contributed by atoms with Crippen LogP contribution in [0.15, 0.2) is 24.3 Å². The van der Waals surface area contributed by atoms with Crippen LogP contribution in [0, 0.1) is 5.92 Å². The van der Waals surface area contributed by atoms with E-state index < -0.39 is 5.54 Å². The molecular weight excluding hydrogens is 262 g/mol. The van der Waals surface area contributed by atoms with Crippen LogP contribution in [-0.2, 0) is 16.2 Å². The molecule has 19 heavy (non-hydrogen) atoms. The maximum absolute atomic E-state index is 12.0. The molecule has 1 amide bonds. The number of nitrogens with two attached hydrogens (primary N) is 1. The van der Waals surface area contributed by atoms with E-state index in [9.17, 15) is 4.79 Å². The minimum Gasteiger partial charge on any atom is -0.368 e. The molecule has 0 saturated carbocycles. The van der Waals surface area contributed by atoms with Gasteiger partial charge in [-0.2, -0.15) is 0 Å². The molecule has 4 nitrogen and oxygen atoms in total. The summed E-state index contributed by atoms with van der Waals surface area (Å²) in [5.41, 5.74) is 6.51. The summed E-state index contributed by atoms with van der Waals surface area (Å²) in [4.78, 5) is 16.5. The van der Waals surface area contributed by atoms with Crippen LogP contribution < -0.4 is 5.73 Å². The van der Waals surface area contributed by atoms with Crippen molar-refractivity contribution in [3.8, 4) is 0 Å². The fourth-order valence-electron chi connectivity index (χ4n) is 2.34. The summed E-state index contributed by atoms with van der Waals surface area (Å²) in [5.74, 6) is 0.559. The molecule has 0 saturated heterocycles. The lowest BCUT2D eigenvalue weighted by Gasteiger charge is -2.33. The Kier molecular flexibility index (Phi) is 3.54. The van der Waals surface area contributed by atoms with Crippen LogP contribution in [0.2, 0.25) is 0 Å². The molecule has 0 aliphatic carbocycles. The Balaban J connectivity index is 2.82. The topological polar surface area (TPSA) is 60.9 Å². The van der Waals surface area contributed by atoms with Gasteiger partial charge in [0.05, 0.1) is 16.9 Å². The van der Waals surface area contributed by atoms with E-state index in [1.807, 2.05) is 49.6 Å². The number of imidazole rings is 1. The highest BCUT2D eigenvalue weighted by Gasteiger charge is 2.39. The van der Waals surface area contributed by atoms with Gasteiger partial charge in [0.25, 0.3) is 0 Å². The third-order valence-electron chi connectivity index (χ3n) is 3.84. The summed E-state index contributed by atoms with van der Waals surface area (Å²) < 4.78 is 1.88. The van der Waals surface area contributed by atoms with Gasteiger partial charge in [-0.25, -0.2) is 4.98 Å². The van der Waals surface area contributed by atoms with Crippen LogP contribution in [0.4, 0.5) is 0 Å². The van der Waals surface area contributed by atoms with E-state index in [1.165, 1.54) is 0 Å². The Morgan fingerprint density at radius 1 is 1.47 bits per heavy atom. The number of alkyl halides is 1. The first-order chi connectivity index (χ1) is 8.92. The van der Waals surface area contributed by atoms with Gasteiger partial charge in [0.2, 0.25) is 5.91 Å². The minimum absolute atomic E-state index is 0.0320.